The van der Waals surface area contributed by atoms with Crippen LogP contribution in [0, 0.1) is 0 Å². The van der Waals surface area contributed by atoms with Crippen molar-refractivity contribution in [1.29, 1.82) is 0 Å². The normalized spacial score (nSPS) is 11.9. The molecule has 0 aliphatic heterocycles. The highest BCUT2D eigenvalue weighted by Crippen LogP contribution is 2.24. The van der Waals surface area contributed by atoms with Gasteiger partial charge in [-0.25, -0.2) is 17.9 Å². The molecule has 0 bridgehead atoms. The lowest BCUT2D eigenvalue weighted by Crippen LogP contribution is -2.40. The van der Waals surface area contributed by atoms with E-state index in [0.29, 0.717) is 5.75 Å². The van der Waals surface area contributed by atoms with Gasteiger partial charge in [-0.05, 0) is 51.1 Å². The van der Waals surface area contributed by atoms with E-state index in [1.54, 1.807) is 32.9 Å². The Hall–Kier alpha value is -2.09. The minimum absolute atomic E-state index is 0.0238. The fraction of sp³-hybridized carbons (Fsp3) is 0.316. The van der Waals surface area contributed by atoms with E-state index in [4.69, 9.17) is 21.1 Å². The molecule has 0 spiro atoms. The Morgan fingerprint density at radius 3 is 2.37 bits per heavy atom. The standard InChI is InChI=1S/C19H22ClNO5S/c1-19(2,3)21-27(23,24)17-13-14(9-10-16(17)20)18(22)26-12-11-25-15-7-5-4-6-8-15/h4-10,13,21H,11-12H2,1-3H3. The molecule has 0 fully saturated rings. The monoisotopic (exact) mass is 411 g/mol. The SMILES string of the molecule is CC(C)(C)NS(=O)(=O)c1cc(C(=O)OCCOc2ccccc2)ccc1Cl. The third kappa shape index (κ3) is 6.53. The molecule has 0 unspecified atom stereocenters. The van der Waals surface area contributed by atoms with Crippen molar-refractivity contribution in [2.45, 2.75) is 31.2 Å². The minimum Gasteiger partial charge on any atom is -0.490 e. The number of sulfonamides is 1. The first-order valence-corrected chi connectivity index (χ1v) is 10.1. The first-order chi connectivity index (χ1) is 12.6. The van der Waals surface area contributed by atoms with Crippen molar-refractivity contribution in [3.63, 3.8) is 0 Å². The molecule has 0 aliphatic rings. The molecule has 0 saturated carbocycles. The van der Waals surface area contributed by atoms with Crippen molar-refractivity contribution in [2.75, 3.05) is 13.2 Å². The summed E-state index contributed by atoms with van der Waals surface area (Å²) in [5, 5.41) is 0.0238. The van der Waals surface area contributed by atoms with E-state index in [9.17, 15) is 13.2 Å². The van der Waals surface area contributed by atoms with Crippen LogP contribution in [0.1, 0.15) is 31.1 Å². The van der Waals surface area contributed by atoms with Crippen LogP contribution < -0.4 is 9.46 Å². The average molecular weight is 412 g/mol. The molecular formula is C19H22ClNO5S. The summed E-state index contributed by atoms with van der Waals surface area (Å²) in [4.78, 5) is 12.0. The Labute approximate surface area is 164 Å². The molecular weight excluding hydrogens is 390 g/mol. The average Bonchev–Trinajstić information content (AvgIpc) is 2.57. The number of rotatable bonds is 7. The molecule has 1 N–H and O–H groups in total. The third-order valence-electron chi connectivity index (χ3n) is 3.23. The van der Waals surface area contributed by atoms with Gasteiger partial charge in [0.15, 0.2) is 0 Å². The van der Waals surface area contributed by atoms with E-state index < -0.39 is 21.5 Å². The number of benzene rings is 2. The number of ether oxygens (including phenoxy) is 2. The fourth-order valence-corrected chi connectivity index (χ4v) is 4.13. The number of carbonyl (C=O) groups is 1. The molecule has 0 saturated heterocycles. The van der Waals surface area contributed by atoms with Crippen LogP contribution in [-0.2, 0) is 14.8 Å². The Morgan fingerprint density at radius 1 is 1.07 bits per heavy atom. The van der Waals surface area contributed by atoms with Gasteiger partial charge in [0.25, 0.3) is 0 Å². The molecule has 146 valence electrons. The van der Waals surface area contributed by atoms with Gasteiger partial charge in [-0.1, -0.05) is 29.8 Å². The number of hydrogen-bond donors (Lipinski definition) is 1. The van der Waals surface area contributed by atoms with E-state index >= 15 is 0 Å². The molecule has 0 amide bonds. The van der Waals surface area contributed by atoms with Gasteiger partial charge in [0, 0.05) is 5.54 Å². The summed E-state index contributed by atoms with van der Waals surface area (Å²) in [6, 6.07) is 13.1. The van der Waals surface area contributed by atoms with Crippen LogP contribution >= 0.6 is 11.6 Å². The summed E-state index contributed by atoms with van der Waals surface area (Å²) in [5.74, 6) is 0.0113. The van der Waals surface area contributed by atoms with Crippen molar-refractivity contribution < 1.29 is 22.7 Å². The second-order valence-electron chi connectivity index (χ2n) is 6.80. The zero-order chi connectivity index (χ0) is 20.1. The number of esters is 1. The van der Waals surface area contributed by atoms with Crippen LogP contribution in [0.5, 0.6) is 5.75 Å². The lowest BCUT2D eigenvalue weighted by molar-refractivity contribution is 0.0450. The van der Waals surface area contributed by atoms with Crippen LogP contribution in [-0.4, -0.2) is 33.1 Å². The summed E-state index contributed by atoms with van der Waals surface area (Å²) in [5.41, 5.74) is -0.596. The topological polar surface area (TPSA) is 81.7 Å². The van der Waals surface area contributed by atoms with Crippen molar-refractivity contribution in [3.05, 3.63) is 59.1 Å². The number of para-hydroxylation sites is 1. The van der Waals surface area contributed by atoms with Crippen molar-refractivity contribution >= 4 is 27.6 Å². The van der Waals surface area contributed by atoms with E-state index in [0.717, 1.165) is 0 Å². The maximum absolute atomic E-state index is 12.5. The Kier molecular flexibility index (Phi) is 6.86. The number of carbonyl (C=O) groups excluding carboxylic acids is 1. The van der Waals surface area contributed by atoms with Crippen molar-refractivity contribution in [2.24, 2.45) is 0 Å². The molecule has 0 atom stereocenters. The maximum Gasteiger partial charge on any atom is 0.338 e. The number of halogens is 1. The highest BCUT2D eigenvalue weighted by atomic mass is 35.5. The molecule has 2 rings (SSSR count). The minimum atomic E-state index is -3.88. The lowest BCUT2D eigenvalue weighted by atomic mass is 10.1. The molecule has 0 aromatic heterocycles. The molecule has 0 radical (unpaired) electrons. The Bertz CT molecular complexity index is 892. The molecule has 8 heteroatoms. The van der Waals surface area contributed by atoms with Gasteiger partial charge in [-0.3, -0.25) is 0 Å². The fourth-order valence-electron chi connectivity index (χ4n) is 2.19. The van der Waals surface area contributed by atoms with Crippen LogP contribution in [0.4, 0.5) is 0 Å². The lowest BCUT2D eigenvalue weighted by Gasteiger charge is -2.21. The van der Waals surface area contributed by atoms with E-state index in [-0.39, 0.29) is 28.7 Å². The third-order valence-corrected chi connectivity index (χ3v) is 5.46. The molecule has 2 aromatic carbocycles. The summed E-state index contributed by atoms with van der Waals surface area (Å²) in [6.07, 6.45) is 0. The van der Waals surface area contributed by atoms with Crippen LogP contribution in [0.25, 0.3) is 0 Å². The second kappa shape index (κ2) is 8.73. The molecule has 6 nitrogen and oxygen atoms in total. The van der Waals surface area contributed by atoms with Crippen molar-refractivity contribution in [1.82, 2.24) is 4.72 Å². The van der Waals surface area contributed by atoms with Gasteiger partial charge in [0.2, 0.25) is 10.0 Å². The van der Waals surface area contributed by atoms with Gasteiger partial charge in [0.1, 0.15) is 23.9 Å². The van der Waals surface area contributed by atoms with Gasteiger partial charge in [-0.2, -0.15) is 0 Å². The quantitative estimate of drug-likeness (QED) is 0.555. The van der Waals surface area contributed by atoms with Crippen LogP contribution in [0.15, 0.2) is 53.4 Å². The van der Waals surface area contributed by atoms with Gasteiger partial charge >= 0.3 is 5.97 Å². The van der Waals surface area contributed by atoms with Crippen LogP contribution in [0.3, 0.4) is 0 Å². The zero-order valence-corrected chi connectivity index (χ0v) is 16.9. The second-order valence-corrected chi connectivity index (χ2v) is 8.86. The predicted molar refractivity (Wildman–Crippen MR) is 104 cm³/mol. The zero-order valence-electron chi connectivity index (χ0n) is 15.4. The molecule has 2 aromatic rings. The van der Waals surface area contributed by atoms with E-state index in [2.05, 4.69) is 4.72 Å². The summed E-state index contributed by atoms with van der Waals surface area (Å²) >= 11 is 6.02. The highest BCUT2D eigenvalue weighted by molar-refractivity contribution is 7.89. The highest BCUT2D eigenvalue weighted by Gasteiger charge is 2.25. The number of nitrogens with one attached hydrogen (secondary N) is 1. The Morgan fingerprint density at radius 2 is 1.74 bits per heavy atom. The first-order valence-electron chi connectivity index (χ1n) is 8.27. The van der Waals surface area contributed by atoms with Gasteiger partial charge in [-0.15, -0.1) is 0 Å². The summed E-state index contributed by atoms with van der Waals surface area (Å²) in [7, 11) is -3.88. The van der Waals surface area contributed by atoms with E-state index in [1.807, 2.05) is 18.2 Å². The Balaban J connectivity index is 2.02. The largest absolute Gasteiger partial charge is 0.490 e. The molecule has 27 heavy (non-hydrogen) atoms. The summed E-state index contributed by atoms with van der Waals surface area (Å²) in [6.45, 7) is 5.34. The van der Waals surface area contributed by atoms with Crippen molar-refractivity contribution in [3.8, 4) is 5.75 Å². The molecule has 0 heterocycles. The summed E-state index contributed by atoms with van der Waals surface area (Å²) < 4.78 is 38.1. The van der Waals surface area contributed by atoms with E-state index in [1.165, 1.54) is 18.2 Å². The first kappa shape index (κ1) is 21.2. The maximum atomic E-state index is 12.5. The molecule has 0 aliphatic carbocycles. The predicted octanol–water partition coefficient (Wildman–Crippen LogP) is 3.65. The van der Waals surface area contributed by atoms with Crippen LogP contribution in [0.2, 0.25) is 5.02 Å². The van der Waals surface area contributed by atoms with Gasteiger partial charge < -0.3 is 9.47 Å². The number of hydrogen-bond acceptors (Lipinski definition) is 5. The van der Waals surface area contributed by atoms with Gasteiger partial charge in [0.05, 0.1) is 10.6 Å². The smallest absolute Gasteiger partial charge is 0.338 e.